The van der Waals surface area contributed by atoms with E-state index in [9.17, 15) is 0 Å². The molecule has 4 heteroatoms. The second-order valence-corrected chi connectivity index (χ2v) is 6.25. The minimum Gasteiger partial charge on any atom is -0.370 e. The predicted octanol–water partition coefficient (Wildman–Crippen LogP) is 3.32. The van der Waals surface area contributed by atoms with Gasteiger partial charge < -0.3 is 10.6 Å². The van der Waals surface area contributed by atoms with Crippen LogP contribution in [0.15, 0.2) is 6.07 Å². The summed E-state index contributed by atoms with van der Waals surface area (Å²) >= 11 is 0. The molecular formula is C16H26N4. The lowest BCUT2D eigenvalue weighted by Crippen LogP contribution is -2.21. The van der Waals surface area contributed by atoms with Crippen LogP contribution >= 0.6 is 0 Å². The molecule has 0 saturated heterocycles. The zero-order chi connectivity index (χ0) is 13.9. The van der Waals surface area contributed by atoms with Crippen molar-refractivity contribution in [2.45, 2.75) is 46.0 Å². The zero-order valence-corrected chi connectivity index (χ0v) is 12.7. The van der Waals surface area contributed by atoms with Crippen LogP contribution in [0.3, 0.4) is 0 Å². The Morgan fingerprint density at radius 2 is 1.90 bits per heavy atom. The summed E-state index contributed by atoms with van der Waals surface area (Å²) in [5.41, 5.74) is 0. The largest absolute Gasteiger partial charge is 0.370 e. The summed E-state index contributed by atoms with van der Waals surface area (Å²) in [6, 6.07) is 2.04. The molecule has 2 fully saturated rings. The fraction of sp³-hybridized carbons (Fsp3) is 0.750. The van der Waals surface area contributed by atoms with E-state index >= 15 is 0 Å². The van der Waals surface area contributed by atoms with Gasteiger partial charge in [0.1, 0.15) is 17.5 Å². The quantitative estimate of drug-likeness (QED) is 0.835. The van der Waals surface area contributed by atoms with Crippen molar-refractivity contribution in [1.29, 1.82) is 0 Å². The van der Waals surface area contributed by atoms with Gasteiger partial charge >= 0.3 is 0 Å². The minimum absolute atomic E-state index is 0.858. The first-order valence-corrected chi connectivity index (χ1v) is 8.14. The molecule has 4 nitrogen and oxygen atoms in total. The van der Waals surface area contributed by atoms with Crippen LogP contribution in [-0.4, -0.2) is 23.1 Å². The van der Waals surface area contributed by atoms with Crippen molar-refractivity contribution in [2.24, 2.45) is 17.8 Å². The number of fused-ring (bicyclic) bond motifs is 2. The molecule has 0 amide bonds. The second-order valence-electron chi connectivity index (χ2n) is 6.25. The summed E-state index contributed by atoms with van der Waals surface area (Å²) in [7, 11) is 0. The summed E-state index contributed by atoms with van der Waals surface area (Å²) in [5.74, 6) is 5.68. The normalized spacial score (nSPS) is 27.8. The molecule has 3 atom stereocenters. The van der Waals surface area contributed by atoms with Crippen LogP contribution in [0.25, 0.3) is 0 Å². The molecule has 1 aromatic heterocycles. The maximum atomic E-state index is 4.59. The highest BCUT2D eigenvalue weighted by atomic mass is 15.1. The second kappa shape index (κ2) is 5.98. The van der Waals surface area contributed by atoms with Gasteiger partial charge in [-0.15, -0.1) is 0 Å². The predicted molar refractivity (Wildman–Crippen MR) is 83.0 cm³/mol. The third-order valence-electron chi connectivity index (χ3n) is 4.88. The van der Waals surface area contributed by atoms with Crippen LogP contribution in [0.4, 0.5) is 11.6 Å². The summed E-state index contributed by atoms with van der Waals surface area (Å²) in [6.07, 6.45) is 6.69. The fourth-order valence-electron chi connectivity index (χ4n) is 3.88. The van der Waals surface area contributed by atoms with E-state index < -0.39 is 0 Å². The van der Waals surface area contributed by atoms with Gasteiger partial charge in [0.15, 0.2) is 0 Å². The Balaban J connectivity index is 1.62. The molecule has 20 heavy (non-hydrogen) atoms. The lowest BCUT2D eigenvalue weighted by atomic mass is 9.89. The van der Waals surface area contributed by atoms with Gasteiger partial charge in [0.2, 0.25) is 0 Å². The van der Waals surface area contributed by atoms with Gasteiger partial charge in [0, 0.05) is 25.6 Å². The Morgan fingerprint density at radius 3 is 2.50 bits per heavy atom. The third kappa shape index (κ3) is 2.89. The molecule has 2 aliphatic rings. The van der Waals surface area contributed by atoms with Crippen molar-refractivity contribution in [3.63, 3.8) is 0 Å². The first-order valence-electron chi connectivity index (χ1n) is 8.14. The van der Waals surface area contributed by atoms with Crippen LogP contribution in [0.2, 0.25) is 0 Å². The van der Waals surface area contributed by atoms with Gasteiger partial charge in [-0.2, -0.15) is 0 Å². The summed E-state index contributed by atoms with van der Waals surface area (Å²) in [5, 5.41) is 6.84. The number of hydrogen-bond donors (Lipinski definition) is 2. The molecule has 110 valence electrons. The van der Waals surface area contributed by atoms with Gasteiger partial charge in [-0.05, 0) is 43.9 Å². The molecular weight excluding hydrogens is 248 g/mol. The highest BCUT2D eigenvalue weighted by Crippen LogP contribution is 2.48. The molecule has 3 unspecified atom stereocenters. The molecule has 1 aromatic rings. The van der Waals surface area contributed by atoms with E-state index in [4.69, 9.17) is 0 Å². The van der Waals surface area contributed by atoms with Crippen LogP contribution in [0.1, 0.15) is 45.4 Å². The minimum atomic E-state index is 0.858. The van der Waals surface area contributed by atoms with Crippen molar-refractivity contribution < 1.29 is 0 Å². The lowest BCUT2D eigenvalue weighted by Gasteiger charge is -2.22. The summed E-state index contributed by atoms with van der Waals surface area (Å²) < 4.78 is 0. The molecule has 1 heterocycles. The van der Waals surface area contributed by atoms with Crippen LogP contribution in [0.5, 0.6) is 0 Å². The Kier molecular flexibility index (Phi) is 4.08. The van der Waals surface area contributed by atoms with Crippen molar-refractivity contribution in [1.82, 2.24) is 9.97 Å². The average molecular weight is 274 g/mol. The standard InChI is InChI=1S/C16H26N4/c1-3-14-19-15(17-4-2)9-16(20-14)18-10-13-8-11-5-6-12(13)7-11/h9,11-13H,3-8,10H2,1-2H3,(H2,17,18,19,20). The molecule has 0 aromatic carbocycles. The van der Waals surface area contributed by atoms with Gasteiger partial charge in [-0.1, -0.05) is 13.3 Å². The average Bonchev–Trinajstić information content (AvgIpc) is 3.07. The van der Waals surface area contributed by atoms with Gasteiger partial charge in [0.05, 0.1) is 0 Å². The van der Waals surface area contributed by atoms with Crippen molar-refractivity contribution in [2.75, 3.05) is 23.7 Å². The molecule has 2 saturated carbocycles. The smallest absolute Gasteiger partial charge is 0.132 e. The number of aryl methyl sites for hydroxylation is 1. The highest BCUT2D eigenvalue weighted by molar-refractivity contribution is 5.47. The monoisotopic (exact) mass is 274 g/mol. The first-order chi connectivity index (χ1) is 9.78. The number of anilines is 2. The Hall–Kier alpha value is -1.32. The van der Waals surface area contributed by atoms with Crippen molar-refractivity contribution >= 4 is 11.6 Å². The van der Waals surface area contributed by atoms with Crippen molar-refractivity contribution in [3.8, 4) is 0 Å². The topological polar surface area (TPSA) is 49.8 Å². The number of aromatic nitrogens is 2. The third-order valence-corrected chi connectivity index (χ3v) is 4.88. The van der Waals surface area contributed by atoms with Gasteiger partial charge in [-0.3, -0.25) is 0 Å². The highest BCUT2D eigenvalue weighted by Gasteiger charge is 2.39. The number of hydrogen-bond acceptors (Lipinski definition) is 4. The van der Waals surface area contributed by atoms with Crippen molar-refractivity contribution in [3.05, 3.63) is 11.9 Å². The summed E-state index contributed by atoms with van der Waals surface area (Å²) in [4.78, 5) is 9.09. The lowest BCUT2D eigenvalue weighted by molar-refractivity contribution is 0.348. The van der Waals surface area contributed by atoms with Gasteiger partial charge in [0.25, 0.3) is 0 Å². The van der Waals surface area contributed by atoms with Gasteiger partial charge in [-0.25, -0.2) is 9.97 Å². The summed E-state index contributed by atoms with van der Waals surface area (Å²) in [6.45, 7) is 6.17. The first kappa shape index (κ1) is 13.7. The van der Waals surface area contributed by atoms with E-state index in [1.807, 2.05) is 6.07 Å². The number of rotatable bonds is 6. The Morgan fingerprint density at radius 1 is 1.10 bits per heavy atom. The molecule has 2 N–H and O–H groups in total. The maximum Gasteiger partial charge on any atom is 0.132 e. The molecule has 0 radical (unpaired) electrons. The van der Waals surface area contributed by atoms with E-state index in [2.05, 4.69) is 34.4 Å². The van der Waals surface area contributed by atoms with E-state index in [1.165, 1.54) is 25.7 Å². The zero-order valence-electron chi connectivity index (χ0n) is 12.7. The maximum absolute atomic E-state index is 4.59. The Bertz CT molecular complexity index is 460. The molecule has 3 rings (SSSR count). The van der Waals surface area contributed by atoms with E-state index in [0.29, 0.717) is 0 Å². The van der Waals surface area contributed by atoms with E-state index in [1.54, 1.807) is 0 Å². The number of nitrogens with zero attached hydrogens (tertiary/aromatic N) is 2. The molecule has 0 spiro atoms. The molecule has 2 bridgehead atoms. The number of nitrogens with one attached hydrogen (secondary N) is 2. The van der Waals surface area contributed by atoms with E-state index in [-0.39, 0.29) is 0 Å². The van der Waals surface area contributed by atoms with Crippen LogP contribution < -0.4 is 10.6 Å². The van der Waals surface area contributed by atoms with Crippen LogP contribution in [0, 0.1) is 17.8 Å². The fourth-order valence-corrected chi connectivity index (χ4v) is 3.88. The van der Waals surface area contributed by atoms with Crippen LogP contribution in [-0.2, 0) is 6.42 Å². The Labute approximate surface area is 121 Å². The van der Waals surface area contributed by atoms with E-state index in [0.717, 1.165) is 54.7 Å². The SMILES string of the molecule is CCNc1cc(NCC2CC3CCC2C3)nc(CC)n1. The molecule has 2 aliphatic carbocycles. The molecule has 0 aliphatic heterocycles.